The fourth-order valence-corrected chi connectivity index (χ4v) is 8.95. The molecular weight excluding hydrogens is 671 g/mol. The summed E-state index contributed by atoms with van der Waals surface area (Å²) in [5, 5.41) is 3.59. The van der Waals surface area contributed by atoms with E-state index in [1.165, 1.54) is 38.6 Å². The fourth-order valence-electron chi connectivity index (χ4n) is 8.95. The molecule has 8 aromatic carbocycles. The van der Waals surface area contributed by atoms with E-state index in [0.29, 0.717) is 21.9 Å². The van der Waals surface area contributed by atoms with Crippen LogP contribution in [0.2, 0.25) is 0 Å². The number of benzene rings is 8. The van der Waals surface area contributed by atoms with E-state index in [2.05, 4.69) is 152 Å². The van der Waals surface area contributed by atoms with Crippen LogP contribution in [0.15, 0.2) is 185 Å². The van der Waals surface area contributed by atoms with E-state index in [0.717, 1.165) is 44.5 Å². The number of rotatable bonds is 4. The maximum atomic E-state index is 14.2. The highest BCUT2D eigenvalue weighted by Gasteiger charge is 2.34. The Hall–Kier alpha value is -6.97. The molecule has 0 bridgehead atoms. The van der Waals surface area contributed by atoms with E-state index in [9.17, 15) is 4.79 Å². The van der Waals surface area contributed by atoms with Crippen molar-refractivity contribution in [2.45, 2.75) is 19.3 Å². The quantitative estimate of drug-likeness (QED) is 0.171. The molecule has 0 fully saturated rings. The summed E-state index contributed by atoms with van der Waals surface area (Å²) in [6.45, 7) is 4.65. The van der Waals surface area contributed by atoms with Gasteiger partial charge in [0.15, 0.2) is 0 Å². The minimum atomic E-state index is -0.115. The van der Waals surface area contributed by atoms with Gasteiger partial charge < -0.3 is 8.98 Å². The summed E-state index contributed by atoms with van der Waals surface area (Å²) in [5.41, 5.74) is 16.0. The molecule has 0 radical (unpaired) electrons. The molecule has 0 atom stereocenters. The monoisotopic (exact) mass is 705 g/mol. The molecule has 0 N–H and O–H groups in total. The predicted octanol–water partition coefficient (Wildman–Crippen LogP) is 13.4. The standard InChI is InChI=1S/C52H35NO2/c1-52(2)44-17-9-10-19-47(44)53-46-24-21-34(29-42(46)40-16-11-18-45(52)50(40)53)35-22-25-48-43(30-35)51(54)41-23-20-36(31-49(41)55-48)39-27-37(32-12-5-3-6-13-32)26-38(28-39)33-14-7-4-8-15-33/h3-31H,1-2H3. The number of fused-ring (bicyclic) bond motifs is 7. The molecule has 0 spiro atoms. The summed E-state index contributed by atoms with van der Waals surface area (Å²) >= 11 is 0. The van der Waals surface area contributed by atoms with Gasteiger partial charge in [0.25, 0.3) is 0 Å². The summed E-state index contributed by atoms with van der Waals surface area (Å²) in [6, 6.07) is 61.7. The lowest BCUT2D eigenvalue weighted by Gasteiger charge is -2.34. The number of nitrogens with zero attached hydrogens (tertiary/aromatic N) is 1. The highest BCUT2D eigenvalue weighted by Crippen LogP contribution is 2.48. The first kappa shape index (κ1) is 31.5. The Kier molecular flexibility index (Phi) is 6.75. The highest BCUT2D eigenvalue weighted by molar-refractivity contribution is 6.12. The third-order valence-corrected chi connectivity index (χ3v) is 11.8. The third kappa shape index (κ3) is 4.79. The fraction of sp³-hybridized carbons (Fsp3) is 0.0577. The van der Waals surface area contributed by atoms with Gasteiger partial charge in [-0.1, -0.05) is 129 Å². The van der Waals surface area contributed by atoms with Gasteiger partial charge in [0, 0.05) is 16.2 Å². The average molecular weight is 706 g/mol. The third-order valence-electron chi connectivity index (χ3n) is 11.8. The van der Waals surface area contributed by atoms with Crippen LogP contribution in [0.3, 0.4) is 0 Å². The molecule has 260 valence electrons. The number of hydrogen-bond donors (Lipinski definition) is 0. The number of hydrogen-bond acceptors (Lipinski definition) is 2. The van der Waals surface area contributed by atoms with Crippen LogP contribution in [0.1, 0.15) is 25.0 Å². The van der Waals surface area contributed by atoms with Crippen LogP contribution in [-0.2, 0) is 5.41 Å². The van der Waals surface area contributed by atoms with E-state index >= 15 is 0 Å². The largest absolute Gasteiger partial charge is 0.456 e. The Morgan fingerprint density at radius 2 is 1.00 bits per heavy atom. The number of aromatic nitrogens is 1. The molecule has 1 aliphatic heterocycles. The molecule has 3 heteroatoms. The van der Waals surface area contributed by atoms with Crippen molar-refractivity contribution in [1.29, 1.82) is 0 Å². The lowest BCUT2D eigenvalue weighted by molar-refractivity contribution is 0.630. The molecule has 3 nitrogen and oxygen atoms in total. The lowest BCUT2D eigenvalue weighted by atomic mass is 9.75. The van der Waals surface area contributed by atoms with Gasteiger partial charge in [-0.2, -0.15) is 0 Å². The van der Waals surface area contributed by atoms with Gasteiger partial charge in [0.1, 0.15) is 11.2 Å². The lowest BCUT2D eigenvalue weighted by Crippen LogP contribution is -2.26. The first-order chi connectivity index (χ1) is 26.9. The van der Waals surface area contributed by atoms with Gasteiger partial charge >= 0.3 is 0 Å². The minimum absolute atomic E-state index is 0.0280. The molecule has 0 saturated heterocycles. The van der Waals surface area contributed by atoms with Crippen molar-refractivity contribution >= 4 is 43.7 Å². The van der Waals surface area contributed by atoms with Crippen molar-refractivity contribution in [1.82, 2.24) is 4.57 Å². The summed E-state index contributed by atoms with van der Waals surface area (Å²) < 4.78 is 8.96. The van der Waals surface area contributed by atoms with Gasteiger partial charge in [0.05, 0.1) is 27.5 Å². The van der Waals surface area contributed by atoms with E-state index in [1.54, 1.807) is 0 Å². The van der Waals surface area contributed by atoms with Crippen LogP contribution in [0, 0.1) is 0 Å². The highest BCUT2D eigenvalue weighted by atomic mass is 16.3. The second-order valence-corrected chi connectivity index (χ2v) is 15.3. The van der Waals surface area contributed by atoms with Crippen molar-refractivity contribution in [2.75, 3.05) is 0 Å². The van der Waals surface area contributed by atoms with Gasteiger partial charge in [-0.25, -0.2) is 0 Å². The van der Waals surface area contributed by atoms with Crippen LogP contribution in [-0.4, -0.2) is 4.57 Å². The van der Waals surface area contributed by atoms with Gasteiger partial charge in [-0.05, 0) is 116 Å². The normalized spacial score (nSPS) is 13.1. The Balaban J connectivity index is 1.03. The second-order valence-electron chi connectivity index (χ2n) is 15.3. The zero-order valence-electron chi connectivity index (χ0n) is 30.5. The van der Waals surface area contributed by atoms with Crippen LogP contribution in [0.5, 0.6) is 0 Å². The predicted molar refractivity (Wildman–Crippen MR) is 228 cm³/mol. The van der Waals surface area contributed by atoms with Crippen molar-refractivity contribution in [3.8, 4) is 50.2 Å². The Morgan fingerprint density at radius 1 is 0.418 bits per heavy atom. The van der Waals surface area contributed by atoms with Crippen LogP contribution in [0.25, 0.3) is 93.9 Å². The Labute approximate surface area is 318 Å². The topological polar surface area (TPSA) is 35.1 Å². The van der Waals surface area contributed by atoms with E-state index in [1.807, 2.05) is 42.5 Å². The molecule has 2 aromatic heterocycles. The second kappa shape index (κ2) is 11.8. The Bertz CT molecular complexity index is 3180. The molecule has 11 rings (SSSR count). The SMILES string of the molecule is CC1(C)c2ccccc2-n2c3ccc(-c4ccc5oc6cc(-c7cc(-c8ccccc8)cc(-c8ccccc8)c7)ccc6c(=O)c5c4)cc3c3cccc1c32. The van der Waals surface area contributed by atoms with Crippen LogP contribution in [0.4, 0.5) is 0 Å². The van der Waals surface area contributed by atoms with E-state index in [4.69, 9.17) is 4.42 Å². The maximum absolute atomic E-state index is 14.2. The van der Waals surface area contributed by atoms with Crippen molar-refractivity contribution < 1.29 is 4.42 Å². The Morgan fingerprint density at radius 3 is 1.73 bits per heavy atom. The van der Waals surface area contributed by atoms with E-state index < -0.39 is 0 Å². The zero-order chi connectivity index (χ0) is 36.8. The number of para-hydroxylation sites is 2. The van der Waals surface area contributed by atoms with Gasteiger partial charge in [0.2, 0.25) is 5.43 Å². The first-order valence-electron chi connectivity index (χ1n) is 18.9. The van der Waals surface area contributed by atoms with Crippen LogP contribution >= 0.6 is 0 Å². The van der Waals surface area contributed by atoms with Crippen molar-refractivity contribution in [2.24, 2.45) is 0 Å². The first-order valence-corrected chi connectivity index (χ1v) is 18.9. The molecule has 10 aromatic rings. The van der Waals surface area contributed by atoms with Crippen molar-refractivity contribution in [3.05, 3.63) is 197 Å². The molecule has 0 saturated carbocycles. The average Bonchev–Trinajstić information content (AvgIpc) is 3.57. The molecule has 0 unspecified atom stereocenters. The molecule has 3 heterocycles. The zero-order valence-corrected chi connectivity index (χ0v) is 30.5. The molecule has 0 aliphatic carbocycles. The minimum Gasteiger partial charge on any atom is -0.456 e. The van der Waals surface area contributed by atoms with Gasteiger partial charge in [-0.3, -0.25) is 4.79 Å². The summed E-state index contributed by atoms with van der Waals surface area (Å²) in [6.07, 6.45) is 0. The molecule has 0 amide bonds. The van der Waals surface area contributed by atoms with Crippen molar-refractivity contribution in [3.63, 3.8) is 0 Å². The van der Waals surface area contributed by atoms with E-state index in [-0.39, 0.29) is 10.8 Å². The summed E-state index contributed by atoms with van der Waals surface area (Å²) in [4.78, 5) is 14.2. The van der Waals surface area contributed by atoms with Gasteiger partial charge in [-0.15, -0.1) is 0 Å². The molecular formula is C52H35NO2. The molecule has 1 aliphatic rings. The molecule has 55 heavy (non-hydrogen) atoms. The maximum Gasteiger partial charge on any atom is 0.200 e. The summed E-state index contributed by atoms with van der Waals surface area (Å²) in [7, 11) is 0. The van der Waals surface area contributed by atoms with Crippen LogP contribution < -0.4 is 5.43 Å². The smallest absolute Gasteiger partial charge is 0.200 e. The summed E-state index contributed by atoms with van der Waals surface area (Å²) in [5.74, 6) is 0.